The highest BCUT2D eigenvalue weighted by Gasteiger charge is 2.33. The fourth-order valence-corrected chi connectivity index (χ4v) is 1.04. The third-order valence-corrected chi connectivity index (χ3v) is 1.70. The van der Waals surface area contributed by atoms with Gasteiger partial charge in [-0.2, -0.15) is 13.2 Å². The first-order chi connectivity index (χ1) is 5.82. The molecular weight excluding hydrogens is 183 g/mol. The van der Waals surface area contributed by atoms with Crippen LogP contribution in [0.3, 0.4) is 0 Å². The Bertz CT molecular complexity index is 378. The summed E-state index contributed by atoms with van der Waals surface area (Å²) in [5.41, 5.74) is -1.25. The van der Waals surface area contributed by atoms with Crippen molar-refractivity contribution in [3.05, 3.63) is 33.7 Å². The van der Waals surface area contributed by atoms with Gasteiger partial charge in [0.05, 0.1) is 0 Å². The maximum atomic E-state index is 12.2. The molecular formula is C8H8F3NO. The SMILES string of the molecule is Cc1cc(C(F)(F)F)n(C)c(=O)c1. The zero-order valence-corrected chi connectivity index (χ0v) is 7.14. The van der Waals surface area contributed by atoms with Crippen LogP contribution in [0.1, 0.15) is 11.3 Å². The zero-order valence-electron chi connectivity index (χ0n) is 7.14. The number of pyridine rings is 1. The van der Waals surface area contributed by atoms with Gasteiger partial charge in [-0.25, -0.2) is 0 Å². The molecule has 0 aliphatic rings. The molecule has 0 radical (unpaired) electrons. The van der Waals surface area contributed by atoms with Gasteiger partial charge >= 0.3 is 6.18 Å². The van der Waals surface area contributed by atoms with Crippen LogP contribution in [-0.4, -0.2) is 4.57 Å². The molecule has 0 atom stereocenters. The molecule has 1 heterocycles. The molecule has 0 fully saturated rings. The molecule has 5 heteroatoms. The van der Waals surface area contributed by atoms with Crippen LogP contribution in [0.15, 0.2) is 16.9 Å². The molecule has 0 aliphatic heterocycles. The fourth-order valence-electron chi connectivity index (χ4n) is 1.04. The number of rotatable bonds is 0. The van der Waals surface area contributed by atoms with E-state index in [4.69, 9.17) is 0 Å². The highest BCUT2D eigenvalue weighted by molar-refractivity contribution is 5.18. The molecule has 0 aromatic carbocycles. The Morgan fingerprint density at radius 3 is 2.31 bits per heavy atom. The summed E-state index contributed by atoms with van der Waals surface area (Å²) in [5.74, 6) is 0. The molecule has 0 N–H and O–H groups in total. The number of hydrogen-bond acceptors (Lipinski definition) is 1. The summed E-state index contributed by atoms with van der Waals surface area (Å²) in [6.07, 6.45) is -4.47. The van der Waals surface area contributed by atoms with Crippen LogP contribution in [0.5, 0.6) is 0 Å². The van der Waals surface area contributed by atoms with Crippen LogP contribution in [-0.2, 0) is 13.2 Å². The average Bonchev–Trinajstić information content (AvgIpc) is 1.94. The first-order valence-electron chi connectivity index (χ1n) is 3.57. The lowest BCUT2D eigenvalue weighted by atomic mass is 10.2. The average molecular weight is 191 g/mol. The number of aromatic nitrogens is 1. The van der Waals surface area contributed by atoms with Gasteiger partial charge in [0.15, 0.2) is 0 Å². The van der Waals surface area contributed by atoms with E-state index in [1.165, 1.54) is 6.92 Å². The molecule has 72 valence electrons. The van der Waals surface area contributed by atoms with E-state index in [0.29, 0.717) is 10.1 Å². The Morgan fingerprint density at radius 1 is 1.31 bits per heavy atom. The predicted octanol–water partition coefficient (Wildman–Crippen LogP) is 1.71. The van der Waals surface area contributed by atoms with E-state index in [1.807, 2.05) is 0 Å². The standard InChI is InChI=1S/C8H8F3NO/c1-5-3-6(8(9,10)11)12(2)7(13)4-5/h3-4H,1-2H3. The first-order valence-corrected chi connectivity index (χ1v) is 3.57. The molecule has 13 heavy (non-hydrogen) atoms. The van der Waals surface area contributed by atoms with Crippen LogP contribution in [0.4, 0.5) is 13.2 Å². The van der Waals surface area contributed by atoms with Gasteiger partial charge in [0, 0.05) is 13.1 Å². The second-order valence-electron chi connectivity index (χ2n) is 2.81. The second kappa shape index (κ2) is 2.90. The summed E-state index contributed by atoms with van der Waals surface area (Å²) in [6.45, 7) is 1.46. The maximum Gasteiger partial charge on any atom is 0.431 e. The van der Waals surface area contributed by atoms with E-state index in [9.17, 15) is 18.0 Å². The number of aryl methyl sites for hydroxylation is 1. The van der Waals surface area contributed by atoms with Crippen molar-refractivity contribution in [1.29, 1.82) is 0 Å². The van der Waals surface area contributed by atoms with E-state index in [1.54, 1.807) is 0 Å². The van der Waals surface area contributed by atoms with Crippen molar-refractivity contribution in [2.75, 3.05) is 0 Å². The molecule has 0 spiro atoms. The van der Waals surface area contributed by atoms with E-state index >= 15 is 0 Å². The van der Waals surface area contributed by atoms with Gasteiger partial charge < -0.3 is 4.57 Å². The van der Waals surface area contributed by atoms with Crippen molar-refractivity contribution >= 4 is 0 Å². The molecule has 0 saturated carbocycles. The summed E-state index contributed by atoms with van der Waals surface area (Å²) in [6, 6.07) is 2.11. The fraction of sp³-hybridized carbons (Fsp3) is 0.375. The summed E-state index contributed by atoms with van der Waals surface area (Å²) in [7, 11) is 1.10. The van der Waals surface area contributed by atoms with Crippen LogP contribution >= 0.6 is 0 Å². The van der Waals surface area contributed by atoms with E-state index in [2.05, 4.69) is 0 Å². The Labute approximate surface area is 72.6 Å². The van der Waals surface area contributed by atoms with Crippen LogP contribution in [0.25, 0.3) is 0 Å². The minimum atomic E-state index is -4.47. The summed E-state index contributed by atoms with van der Waals surface area (Å²) in [5, 5.41) is 0. The third kappa shape index (κ3) is 1.91. The monoisotopic (exact) mass is 191 g/mol. The quantitative estimate of drug-likeness (QED) is 0.611. The Morgan fingerprint density at radius 2 is 1.85 bits per heavy atom. The summed E-state index contributed by atoms with van der Waals surface area (Å²) < 4.78 is 37.3. The minimum Gasteiger partial charge on any atom is -0.308 e. The smallest absolute Gasteiger partial charge is 0.308 e. The molecule has 0 bridgehead atoms. The van der Waals surface area contributed by atoms with Gasteiger partial charge in [-0.3, -0.25) is 4.79 Å². The highest BCUT2D eigenvalue weighted by atomic mass is 19.4. The van der Waals surface area contributed by atoms with Crippen molar-refractivity contribution in [3.8, 4) is 0 Å². The topological polar surface area (TPSA) is 22.0 Å². The lowest BCUT2D eigenvalue weighted by Crippen LogP contribution is -2.25. The van der Waals surface area contributed by atoms with E-state index in [0.717, 1.165) is 19.2 Å². The van der Waals surface area contributed by atoms with Gasteiger partial charge in [0.1, 0.15) is 5.69 Å². The molecule has 1 rings (SSSR count). The lowest BCUT2D eigenvalue weighted by Gasteiger charge is -2.11. The molecule has 1 aromatic heterocycles. The van der Waals surface area contributed by atoms with Crippen molar-refractivity contribution in [1.82, 2.24) is 4.57 Å². The minimum absolute atomic E-state index is 0.315. The lowest BCUT2D eigenvalue weighted by molar-refractivity contribution is -0.143. The van der Waals surface area contributed by atoms with Crippen LogP contribution in [0.2, 0.25) is 0 Å². The summed E-state index contributed by atoms with van der Waals surface area (Å²) >= 11 is 0. The summed E-state index contributed by atoms with van der Waals surface area (Å²) in [4.78, 5) is 11.0. The molecule has 0 amide bonds. The zero-order chi connectivity index (χ0) is 10.2. The van der Waals surface area contributed by atoms with Crippen molar-refractivity contribution in [3.63, 3.8) is 0 Å². The number of nitrogens with zero attached hydrogens (tertiary/aromatic N) is 1. The Kier molecular flexibility index (Phi) is 2.19. The van der Waals surface area contributed by atoms with Gasteiger partial charge in [-0.05, 0) is 18.6 Å². The van der Waals surface area contributed by atoms with Gasteiger partial charge in [-0.15, -0.1) is 0 Å². The van der Waals surface area contributed by atoms with Gasteiger partial charge in [-0.1, -0.05) is 0 Å². The van der Waals surface area contributed by atoms with E-state index in [-0.39, 0.29) is 0 Å². The Hall–Kier alpha value is -1.26. The Balaban J connectivity index is 3.46. The maximum absolute atomic E-state index is 12.2. The molecule has 2 nitrogen and oxygen atoms in total. The number of hydrogen-bond donors (Lipinski definition) is 0. The van der Waals surface area contributed by atoms with Crippen LogP contribution < -0.4 is 5.56 Å². The predicted molar refractivity (Wildman–Crippen MR) is 41.4 cm³/mol. The van der Waals surface area contributed by atoms with Crippen molar-refractivity contribution in [2.45, 2.75) is 13.1 Å². The molecule has 0 unspecified atom stereocenters. The second-order valence-corrected chi connectivity index (χ2v) is 2.81. The van der Waals surface area contributed by atoms with Crippen LogP contribution in [0, 0.1) is 6.92 Å². The number of alkyl halides is 3. The third-order valence-electron chi connectivity index (χ3n) is 1.70. The van der Waals surface area contributed by atoms with Gasteiger partial charge in [0.25, 0.3) is 5.56 Å². The van der Waals surface area contributed by atoms with E-state index < -0.39 is 17.4 Å². The van der Waals surface area contributed by atoms with Gasteiger partial charge in [0.2, 0.25) is 0 Å². The largest absolute Gasteiger partial charge is 0.431 e. The molecule has 0 saturated heterocycles. The highest BCUT2D eigenvalue weighted by Crippen LogP contribution is 2.28. The first kappa shape index (κ1) is 9.83. The molecule has 1 aromatic rings. The normalized spacial score (nSPS) is 11.8. The van der Waals surface area contributed by atoms with Crippen molar-refractivity contribution < 1.29 is 13.2 Å². The molecule has 0 aliphatic carbocycles. The number of halogens is 3. The van der Waals surface area contributed by atoms with Crippen molar-refractivity contribution in [2.24, 2.45) is 7.05 Å².